The van der Waals surface area contributed by atoms with Crippen molar-refractivity contribution in [2.24, 2.45) is 0 Å². The summed E-state index contributed by atoms with van der Waals surface area (Å²) >= 11 is 0. The van der Waals surface area contributed by atoms with E-state index in [-0.39, 0.29) is 16.9 Å². The van der Waals surface area contributed by atoms with Crippen LogP contribution in [0.2, 0.25) is 0 Å². The van der Waals surface area contributed by atoms with E-state index in [0.29, 0.717) is 0 Å². The van der Waals surface area contributed by atoms with E-state index in [1.165, 1.54) is 26.0 Å². The number of carbonyl (C=O) groups is 1. The van der Waals surface area contributed by atoms with Crippen LogP contribution in [-0.4, -0.2) is 95.7 Å². The van der Waals surface area contributed by atoms with Crippen LogP contribution in [0.3, 0.4) is 0 Å². The smallest absolute Gasteiger partial charge is 0.197 e. The number of aromatic hydroxyl groups is 4. The molecule has 8 N–H and O–H groups in total. The van der Waals surface area contributed by atoms with Gasteiger partial charge in [0.05, 0.1) is 11.7 Å². The fourth-order valence-electron chi connectivity index (χ4n) is 5.00. The van der Waals surface area contributed by atoms with E-state index in [0.717, 1.165) is 18.2 Å². The fourth-order valence-corrected chi connectivity index (χ4v) is 5.00. The Labute approximate surface area is 230 Å². The molecule has 0 aliphatic carbocycles. The lowest BCUT2D eigenvalue weighted by Gasteiger charge is -2.44. The normalized spacial score (nSPS) is 32.3. The maximum absolute atomic E-state index is 13.1. The highest BCUT2D eigenvalue weighted by Gasteiger charge is 2.50. The first-order valence-corrected chi connectivity index (χ1v) is 12.6. The molecule has 2 aliphatic heterocycles. The standard InChI is InChI=1S/C27H28O14/c1-8-20(33)23(36)26(41-27-24(37)22(35)19(32)9(2)39-27)25(38-8)18-14(31)7-16-17(21(18)34)13(30)6-15(40-16)10-3-4-11(28)12(29)5-10/h3-9,19,22-29,31-32,34-37H,1-2H3. The molecule has 41 heavy (non-hydrogen) atoms. The monoisotopic (exact) mass is 576 g/mol. The summed E-state index contributed by atoms with van der Waals surface area (Å²) in [5, 5.41) is 82.5. The number of hydrogen-bond donors (Lipinski definition) is 8. The van der Waals surface area contributed by atoms with E-state index >= 15 is 0 Å². The van der Waals surface area contributed by atoms with E-state index in [1.54, 1.807) is 0 Å². The van der Waals surface area contributed by atoms with Gasteiger partial charge in [0.2, 0.25) is 0 Å². The number of carbonyl (C=O) groups excluding carboxylic acids is 1. The van der Waals surface area contributed by atoms with Crippen LogP contribution in [0.5, 0.6) is 23.0 Å². The molecule has 5 rings (SSSR count). The SMILES string of the molecule is CC1OC(c2c(O)cc3oc(-c4ccc(O)c(O)c4)cc(=O)c3c2O)C(OC2OC(C)C(O)C(O)C2O)C(O)C1=O. The minimum absolute atomic E-state index is 0.0626. The average Bonchev–Trinajstić information content (AvgIpc) is 2.92. The predicted octanol–water partition coefficient (Wildman–Crippen LogP) is -0.115. The Morgan fingerprint density at radius 1 is 0.805 bits per heavy atom. The molecule has 3 heterocycles. The van der Waals surface area contributed by atoms with E-state index in [4.69, 9.17) is 18.6 Å². The molecule has 14 nitrogen and oxygen atoms in total. The summed E-state index contributed by atoms with van der Waals surface area (Å²) in [5.74, 6) is -3.25. The molecule has 0 radical (unpaired) electrons. The zero-order valence-corrected chi connectivity index (χ0v) is 21.6. The second-order valence-electron chi connectivity index (χ2n) is 10.0. The van der Waals surface area contributed by atoms with Gasteiger partial charge in [-0.25, -0.2) is 0 Å². The van der Waals surface area contributed by atoms with Gasteiger partial charge in [0.15, 0.2) is 29.0 Å². The first-order valence-electron chi connectivity index (χ1n) is 12.6. The maximum Gasteiger partial charge on any atom is 0.197 e. The molecule has 2 saturated heterocycles. The average molecular weight is 577 g/mol. The first-order chi connectivity index (χ1) is 19.3. The van der Waals surface area contributed by atoms with E-state index in [2.05, 4.69) is 0 Å². The number of Topliss-reactive ketones (excluding diaryl/α,β-unsaturated/α-hetero) is 1. The highest BCUT2D eigenvalue weighted by molar-refractivity contribution is 5.90. The lowest BCUT2D eigenvalue weighted by atomic mass is 9.90. The third-order valence-corrected chi connectivity index (χ3v) is 7.31. The summed E-state index contributed by atoms with van der Waals surface area (Å²) in [6, 6.07) is 5.69. The molecule has 9 unspecified atom stereocenters. The highest BCUT2D eigenvalue weighted by Crippen LogP contribution is 2.45. The molecule has 2 aliphatic rings. The molecule has 0 spiro atoms. The number of ether oxygens (including phenoxy) is 3. The van der Waals surface area contributed by atoms with Gasteiger partial charge >= 0.3 is 0 Å². The van der Waals surface area contributed by atoms with Gasteiger partial charge in [0.1, 0.15) is 71.0 Å². The van der Waals surface area contributed by atoms with Gasteiger partial charge in [-0.05, 0) is 32.0 Å². The molecule has 14 heteroatoms. The number of phenolic OH excluding ortho intramolecular Hbond substituents is 4. The molecule has 0 bridgehead atoms. The van der Waals surface area contributed by atoms with Gasteiger partial charge in [-0.1, -0.05) is 0 Å². The van der Waals surface area contributed by atoms with Crippen LogP contribution in [0, 0.1) is 0 Å². The summed E-state index contributed by atoms with van der Waals surface area (Å²) in [7, 11) is 0. The van der Waals surface area contributed by atoms with Crippen LogP contribution in [-0.2, 0) is 19.0 Å². The van der Waals surface area contributed by atoms with Crippen molar-refractivity contribution in [1.82, 2.24) is 0 Å². The van der Waals surface area contributed by atoms with E-state index in [1.807, 2.05) is 0 Å². The quantitative estimate of drug-likeness (QED) is 0.189. The molecule has 0 amide bonds. The Morgan fingerprint density at radius 2 is 1.51 bits per heavy atom. The van der Waals surface area contributed by atoms with Gasteiger partial charge in [-0.2, -0.15) is 0 Å². The van der Waals surface area contributed by atoms with Gasteiger partial charge < -0.3 is 59.5 Å². The maximum atomic E-state index is 13.1. The minimum Gasteiger partial charge on any atom is -0.507 e. The van der Waals surface area contributed by atoms with Crippen LogP contribution in [0.15, 0.2) is 39.5 Å². The lowest BCUT2D eigenvalue weighted by Crippen LogP contribution is -2.60. The Hall–Kier alpha value is -3.76. The number of ketones is 1. The van der Waals surface area contributed by atoms with Crippen LogP contribution in [0.25, 0.3) is 22.3 Å². The second kappa shape index (κ2) is 10.6. The number of benzene rings is 2. The molecule has 0 saturated carbocycles. The van der Waals surface area contributed by atoms with Crippen LogP contribution < -0.4 is 5.43 Å². The van der Waals surface area contributed by atoms with E-state index < -0.39 is 100 Å². The number of rotatable bonds is 4. The highest BCUT2D eigenvalue weighted by atomic mass is 16.7. The zero-order valence-electron chi connectivity index (χ0n) is 21.6. The van der Waals surface area contributed by atoms with Crippen molar-refractivity contribution in [3.05, 3.63) is 46.1 Å². The number of aliphatic hydroxyl groups is 4. The molecule has 3 aromatic rings. The Morgan fingerprint density at radius 3 is 2.20 bits per heavy atom. The van der Waals surface area contributed by atoms with Crippen molar-refractivity contribution < 1.29 is 64.3 Å². The summed E-state index contributed by atoms with van der Waals surface area (Å²) in [6.07, 6.45) is -14.2. The van der Waals surface area contributed by atoms with Crippen molar-refractivity contribution in [1.29, 1.82) is 0 Å². The Bertz CT molecular complexity index is 1550. The van der Waals surface area contributed by atoms with Crippen molar-refractivity contribution in [3.8, 4) is 34.3 Å². The van der Waals surface area contributed by atoms with Crippen LogP contribution in [0.1, 0.15) is 25.5 Å². The van der Waals surface area contributed by atoms with Crippen molar-refractivity contribution in [2.75, 3.05) is 0 Å². The molecule has 9 atom stereocenters. The van der Waals surface area contributed by atoms with Crippen molar-refractivity contribution in [3.63, 3.8) is 0 Å². The number of aliphatic hydroxyl groups excluding tert-OH is 4. The van der Waals surface area contributed by atoms with Gasteiger partial charge in [-0.3, -0.25) is 9.59 Å². The number of phenols is 4. The summed E-state index contributed by atoms with van der Waals surface area (Å²) in [6.45, 7) is 2.70. The van der Waals surface area contributed by atoms with Crippen molar-refractivity contribution in [2.45, 2.75) is 69.0 Å². The van der Waals surface area contributed by atoms with Crippen molar-refractivity contribution >= 4 is 16.8 Å². The molecular formula is C27H28O14. The summed E-state index contributed by atoms with van der Waals surface area (Å²) < 4.78 is 22.5. The summed E-state index contributed by atoms with van der Waals surface area (Å²) in [4.78, 5) is 25.7. The number of fused-ring (bicyclic) bond motifs is 1. The Balaban J connectivity index is 1.58. The lowest BCUT2D eigenvalue weighted by molar-refractivity contribution is -0.323. The third-order valence-electron chi connectivity index (χ3n) is 7.31. The van der Waals surface area contributed by atoms with Crippen LogP contribution in [0.4, 0.5) is 0 Å². The van der Waals surface area contributed by atoms with Crippen LogP contribution >= 0.6 is 0 Å². The summed E-state index contributed by atoms with van der Waals surface area (Å²) in [5.41, 5.74) is -1.28. The fraction of sp³-hybridized carbons (Fsp3) is 0.407. The third kappa shape index (κ3) is 4.89. The minimum atomic E-state index is -1.92. The predicted molar refractivity (Wildman–Crippen MR) is 136 cm³/mol. The first kappa shape index (κ1) is 28.8. The zero-order chi connectivity index (χ0) is 29.9. The second-order valence-corrected chi connectivity index (χ2v) is 10.0. The molecular weight excluding hydrogens is 548 g/mol. The molecule has 1 aromatic heterocycles. The molecule has 2 fully saturated rings. The van der Waals surface area contributed by atoms with Gasteiger partial charge in [-0.15, -0.1) is 0 Å². The number of hydrogen-bond acceptors (Lipinski definition) is 14. The van der Waals surface area contributed by atoms with Gasteiger partial charge in [0.25, 0.3) is 0 Å². The van der Waals surface area contributed by atoms with Gasteiger partial charge in [0, 0.05) is 17.7 Å². The molecule has 220 valence electrons. The molecule has 2 aromatic carbocycles. The largest absolute Gasteiger partial charge is 0.507 e. The van der Waals surface area contributed by atoms with E-state index in [9.17, 15) is 50.4 Å². The topological polar surface area (TPSA) is 237 Å². The Kier molecular flexibility index (Phi) is 7.42.